The van der Waals surface area contributed by atoms with Crippen LogP contribution < -0.4 is 0 Å². The van der Waals surface area contributed by atoms with Gasteiger partial charge in [0.25, 0.3) is 0 Å². The first-order valence-electron chi connectivity index (χ1n) is 21.0. The third-order valence-electron chi connectivity index (χ3n) is 17.6. The molecule has 10 rings (SSSR count). The van der Waals surface area contributed by atoms with Crippen LogP contribution in [0, 0.1) is 52.3 Å². The van der Waals surface area contributed by atoms with Gasteiger partial charge in [-0.15, -0.1) is 0 Å². The number of allylic oxidation sites excluding steroid dienone is 4. The molecular formula is C47H72O7. The van der Waals surface area contributed by atoms with Gasteiger partial charge in [-0.1, -0.05) is 87.1 Å². The molecule has 0 aromatic rings. The highest BCUT2D eigenvalue weighted by atomic mass is 16.7. The third-order valence-corrected chi connectivity index (χ3v) is 17.6. The lowest BCUT2D eigenvalue weighted by atomic mass is 9.60. The molecule has 0 radical (unpaired) electrons. The van der Waals surface area contributed by atoms with Crippen molar-refractivity contribution in [3.8, 4) is 0 Å². The lowest BCUT2D eigenvalue weighted by Gasteiger charge is -2.54. The predicted octanol–water partition coefficient (Wildman–Crippen LogP) is 8.81. The van der Waals surface area contributed by atoms with Gasteiger partial charge in [-0.3, -0.25) is 4.79 Å². The highest BCUT2D eigenvalue weighted by Crippen LogP contribution is 2.67. The van der Waals surface area contributed by atoms with Gasteiger partial charge in [0, 0.05) is 29.6 Å². The van der Waals surface area contributed by atoms with E-state index in [0.29, 0.717) is 41.8 Å². The van der Waals surface area contributed by atoms with Crippen LogP contribution in [0.1, 0.15) is 140 Å². The van der Waals surface area contributed by atoms with Gasteiger partial charge in [0.2, 0.25) is 0 Å². The maximum absolute atomic E-state index is 12.5. The number of aliphatic hydroxyl groups excluding tert-OH is 2. The summed E-state index contributed by atoms with van der Waals surface area (Å²) < 4.78 is 19.4. The molecule has 3 heterocycles. The Bertz CT molecular complexity index is 1670. The Morgan fingerprint density at radius 3 is 2.26 bits per heavy atom. The topological polar surface area (TPSA) is 105 Å². The Morgan fingerprint density at radius 2 is 1.54 bits per heavy atom. The van der Waals surface area contributed by atoms with Gasteiger partial charge >= 0.3 is 0 Å². The molecule has 7 heteroatoms. The summed E-state index contributed by atoms with van der Waals surface area (Å²) in [6.45, 7) is 17.4. The fraction of sp³-hybridized carbons (Fsp3) is 0.809. The van der Waals surface area contributed by atoms with Gasteiger partial charge in [-0.2, -0.15) is 0 Å². The zero-order chi connectivity index (χ0) is 36.8. The average Bonchev–Trinajstić information content (AvgIpc) is 3.83. The zero-order valence-electron chi connectivity index (χ0n) is 32.8. The minimum atomic E-state index is -0.843. The van der Waals surface area contributed by atoms with E-state index in [1.807, 2.05) is 6.92 Å². The number of carbonyl (C=O) groups is 1. The molecular weight excluding hydrogens is 677 g/mol. The number of hydrogen-bond donors (Lipinski definition) is 3. The molecule has 0 aromatic heterocycles. The van der Waals surface area contributed by atoms with Crippen LogP contribution in [0.2, 0.25) is 0 Å². The fourth-order valence-electron chi connectivity index (χ4n) is 14.4. The summed E-state index contributed by atoms with van der Waals surface area (Å²) in [5, 5.41) is 32.7. The van der Waals surface area contributed by atoms with Crippen LogP contribution in [0.15, 0.2) is 46.1 Å². The van der Waals surface area contributed by atoms with Gasteiger partial charge < -0.3 is 29.5 Å². The van der Waals surface area contributed by atoms with E-state index in [-0.39, 0.29) is 48.9 Å². The Kier molecular flexibility index (Phi) is 9.93. The normalized spacial score (nSPS) is 50.6. The molecule has 3 spiro atoms. The number of Topliss-reactive ketones (excluding diaryl/α,β-unsaturated/α-hetero) is 1. The van der Waals surface area contributed by atoms with Crippen LogP contribution in [-0.4, -0.2) is 69.1 Å². The summed E-state index contributed by atoms with van der Waals surface area (Å²) in [5.41, 5.74) is 4.82. The van der Waals surface area contributed by atoms with Crippen molar-refractivity contribution in [2.45, 2.75) is 175 Å². The van der Waals surface area contributed by atoms with Gasteiger partial charge in [-0.25, -0.2) is 0 Å². The first-order chi connectivity index (χ1) is 24.5. The van der Waals surface area contributed by atoms with E-state index < -0.39 is 23.4 Å². The van der Waals surface area contributed by atoms with Gasteiger partial charge in [0.1, 0.15) is 11.9 Å². The van der Waals surface area contributed by atoms with Crippen molar-refractivity contribution in [3.05, 3.63) is 46.1 Å². The zero-order valence-corrected chi connectivity index (χ0v) is 32.8. The average molecular weight is 749 g/mol. The van der Waals surface area contributed by atoms with Gasteiger partial charge in [0.15, 0.2) is 5.79 Å². The molecule has 3 N–H and O–H groups in total. The van der Waals surface area contributed by atoms with Crippen molar-refractivity contribution in [1.29, 1.82) is 0 Å². The van der Waals surface area contributed by atoms with E-state index in [4.69, 9.17) is 14.2 Å². The molecule has 302 valence electrons. The fourth-order valence-corrected chi connectivity index (χ4v) is 14.4. The smallest absolute Gasteiger partial charge is 0.174 e. The molecule has 2 saturated heterocycles. The summed E-state index contributed by atoms with van der Waals surface area (Å²) in [5.74, 6) is 2.95. The SMILES string of the molecule is C.C.CC1C[C@@]2(C)[C@@H](CCC23OCCO3)C2=C1C=C1[C@@H](C)[C@H](C)[C@@H](C)C[C@]1(O)CC2.C[C@H]1C[C@@]23CC[C@@]4(O2)C(=CC[C@]2(C)C(=O)CC[C@H]24)C=C3[C@@H](O)[C@@H]1O. The second-order valence-electron chi connectivity index (χ2n) is 20.0. The number of fused-ring (bicyclic) bond motifs is 5. The highest BCUT2D eigenvalue weighted by molar-refractivity contribution is 5.88. The van der Waals surface area contributed by atoms with E-state index in [0.717, 1.165) is 95.0 Å². The number of carbonyl (C=O) groups excluding carboxylic acids is 1. The first kappa shape index (κ1) is 40.6. The monoisotopic (exact) mass is 749 g/mol. The molecule has 1 unspecified atom stereocenters. The van der Waals surface area contributed by atoms with Crippen molar-refractivity contribution in [2.75, 3.05) is 13.2 Å². The van der Waals surface area contributed by atoms with Crippen molar-refractivity contribution in [3.63, 3.8) is 0 Å². The second-order valence-corrected chi connectivity index (χ2v) is 20.0. The number of hydrogen-bond acceptors (Lipinski definition) is 7. The molecule has 3 aliphatic heterocycles. The van der Waals surface area contributed by atoms with Gasteiger partial charge in [0.05, 0.1) is 36.1 Å². The van der Waals surface area contributed by atoms with Crippen molar-refractivity contribution in [2.24, 2.45) is 52.3 Å². The first-order valence-corrected chi connectivity index (χ1v) is 21.0. The maximum Gasteiger partial charge on any atom is 0.174 e. The molecule has 6 fully saturated rings. The minimum absolute atomic E-state index is 0. The summed E-state index contributed by atoms with van der Waals surface area (Å²) in [7, 11) is 0. The second kappa shape index (κ2) is 13.2. The van der Waals surface area contributed by atoms with Crippen LogP contribution in [0.5, 0.6) is 0 Å². The summed E-state index contributed by atoms with van der Waals surface area (Å²) in [4.78, 5) is 12.5. The molecule has 4 saturated carbocycles. The Hall–Kier alpha value is -1.61. The third kappa shape index (κ3) is 5.22. The predicted molar refractivity (Wildman–Crippen MR) is 212 cm³/mol. The number of ether oxygens (including phenoxy) is 3. The Balaban J connectivity index is 0.000000162. The maximum atomic E-state index is 12.5. The number of ketones is 1. The van der Waals surface area contributed by atoms with E-state index in [1.165, 1.54) is 11.1 Å². The highest BCUT2D eigenvalue weighted by Gasteiger charge is 2.68. The Morgan fingerprint density at radius 1 is 0.815 bits per heavy atom. The van der Waals surface area contributed by atoms with E-state index in [9.17, 15) is 20.1 Å². The molecule has 2 bridgehead atoms. The number of rotatable bonds is 0. The summed E-state index contributed by atoms with van der Waals surface area (Å²) in [6, 6.07) is 0. The molecule has 0 aromatic carbocycles. The lowest BCUT2D eigenvalue weighted by molar-refractivity contribution is -0.228. The lowest BCUT2D eigenvalue weighted by Crippen LogP contribution is -2.58. The quantitative estimate of drug-likeness (QED) is 0.228. The van der Waals surface area contributed by atoms with Crippen molar-refractivity contribution >= 4 is 5.78 Å². The summed E-state index contributed by atoms with van der Waals surface area (Å²) >= 11 is 0. The van der Waals surface area contributed by atoms with Crippen LogP contribution in [-0.2, 0) is 19.0 Å². The van der Waals surface area contributed by atoms with E-state index >= 15 is 0 Å². The van der Waals surface area contributed by atoms with E-state index in [1.54, 1.807) is 5.57 Å². The molecule has 10 aliphatic rings. The molecule has 7 nitrogen and oxygen atoms in total. The largest absolute Gasteiger partial charge is 0.390 e. The van der Waals surface area contributed by atoms with Crippen molar-refractivity contribution < 1.29 is 34.3 Å². The molecule has 0 amide bonds. The van der Waals surface area contributed by atoms with Crippen LogP contribution >= 0.6 is 0 Å². The minimum Gasteiger partial charge on any atom is -0.390 e. The van der Waals surface area contributed by atoms with E-state index in [2.05, 4.69) is 59.8 Å². The van der Waals surface area contributed by atoms with Gasteiger partial charge in [-0.05, 0) is 122 Å². The van der Waals surface area contributed by atoms with Crippen LogP contribution in [0.25, 0.3) is 0 Å². The molecule has 54 heavy (non-hydrogen) atoms. The van der Waals surface area contributed by atoms with Crippen LogP contribution in [0.3, 0.4) is 0 Å². The summed E-state index contributed by atoms with van der Waals surface area (Å²) in [6.07, 6.45) is 16.2. The standard InChI is InChI=1S/C25H38O3.C20H26O4.2CH4/c1-15-14-24(26)8-6-19-20(12-22(24)18(4)17(15)3)16(2)13-23(5)21(19)7-9-25(23)27-10-11-28-25;1-11-10-19-7-8-20(24-19)12(9-13(19)17(23)16(11)22)5-6-18(2)14(20)3-4-15(18)21;;/h12,15-18,21,26H,6-11,13-14H2,1-5H3;5,9,11,14,16-17,22-23H,3-4,6-8,10H2,1-2H3;2*1H4/t15-,16?,17+,18-,21-,23-,24+;11-,14+,16+,17+,18-,19+,20+;;/m00../s1. The van der Waals surface area contributed by atoms with Crippen molar-refractivity contribution in [1.82, 2.24) is 0 Å². The van der Waals surface area contributed by atoms with Crippen LogP contribution in [0.4, 0.5) is 0 Å². The number of aliphatic hydroxyl groups is 3. The molecule has 14 atom stereocenters. The molecule has 7 aliphatic carbocycles. The Labute approximate surface area is 326 Å².